The summed E-state index contributed by atoms with van der Waals surface area (Å²) >= 11 is 3.37. The van der Waals surface area contributed by atoms with Crippen LogP contribution in [0.15, 0.2) is 71.2 Å². The molecule has 2 aromatic rings. The molecule has 0 amide bonds. The highest BCUT2D eigenvalue weighted by atomic mass is 32.2. The largest absolute Gasteiger partial charge is 0.497 e. The van der Waals surface area contributed by atoms with Crippen LogP contribution in [0.3, 0.4) is 0 Å². The normalized spacial score (nSPS) is 31.3. The molecule has 0 bridgehead atoms. The monoisotopic (exact) mass is 726 g/mol. The number of hydrogen-bond donors (Lipinski definition) is 0. The van der Waals surface area contributed by atoms with Crippen molar-refractivity contribution >= 4 is 33.9 Å². The van der Waals surface area contributed by atoms with E-state index in [9.17, 15) is 0 Å². The highest BCUT2D eigenvalue weighted by Gasteiger charge is 2.49. The molecule has 4 heterocycles. The summed E-state index contributed by atoms with van der Waals surface area (Å²) in [5.41, 5.74) is 2.30. The maximum Gasteiger partial charge on any atom is 0.161 e. The lowest BCUT2D eigenvalue weighted by atomic mass is 9.88. The molecule has 0 N–H and O–H groups in total. The fourth-order valence-electron chi connectivity index (χ4n) is 6.56. The SMILES string of the molecule is C=C[C@H]1O[C@@H]2SC(N(C)C)=N[C@@H]2[C@@H](OCc2ccc(OC)cc2)[C@@H]1C.CC[C@H]1O[C@@H]2SC(N(C)C)=N[C@@H]2[C@@H](OCc2ccc(OC)cc2)[C@@H]1C. The highest BCUT2D eigenvalue weighted by Crippen LogP contribution is 2.42. The molecule has 50 heavy (non-hydrogen) atoms. The van der Waals surface area contributed by atoms with Crippen LogP contribution in [0.1, 0.15) is 38.3 Å². The third-order valence-electron chi connectivity index (χ3n) is 9.54. The van der Waals surface area contributed by atoms with Crippen LogP contribution in [0.4, 0.5) is 0 Å². The number of aliphatic imine (C=N–C) groups is 2. The summed E-state index contributed by atoms with van der Waals surface area (Å²) < 4.78 is 35.6. The van der Waals surface area contributed by atoms with Gasteiger partial charge >= 0.3 is 0 Å². The van der Waals surface area contributed by atoms with Crippen LogP contribution in [0.2, 0.25) is 0 Å². The molecule has 0 spiro atoms. The van der Waals surface area contributed by atoms with Gasteiger partial charge in [-0.25, -0.2) is 0 Å². The molecule has 2 fully saturated rings. The molecule has 10 nitrogen and oxygen atoms in total. The van der Waals surface area contributed by atoms with Gasteiger partial charge in [-0.15, -0.1) is 6.58 Å². The van der Waals surface area contributed by atoms with Crippen LogP contribution in [0, 0.1) is 11.8 Å². The predicted molar refractivity (Wildman–Crippen MR) is 204 cm³/mol. The zero-order valence-electron chi connectivity index (χ0n) is 30.9. The first-order valence-electron chi connectivity index (χ1n) is 17.3. The summed E-state index contributed by atoms with van der Waals surface area (Å²) in [6.45, 7) is 11.6. The summed E-state index contributed by atoms with van der Waals surface area (Å²) in [6, 6.07) is 16.1. The van der Waals surface area contributed by atoms with E-state index in [1.165, 1.54) is 0 Å². The Balaban J connectivity index is 0.000000194. The second-order valence-electron chi connectivity index (χ2n) is 13.5. The van der Waals surface area contributed by atoms with Crippen molar-refractivity contribution in [2.24, 2.45) is 21.8 Å². The van der Waals surface area contributed by atoms with Gasteiger partial charge in [-0.3, -0.25) is 9.98 Å². The van der Waals surface area contributed by atoms with E-state index in [0.717, 1.165) is 39.4 Å². The van der Waals surface area contributed by atoms with E-state index in [4.69, 9.17) is 38.4 Å². The number of rotatable bonds is 10. The Hall–Kier alpha value is -2.74. The van der Waals surface area contributed by atoms with Crippen molar-refractivity contribution in [3.8, 4) is 11.5 Å². The smallest absolute Gasteiger partial charge is 0.161 e. The van der Waals surface area contributed by atoms with Crippen LogP contribution >= 0.6 is 23.5 Å². The molecule has 0 saturated carbocycles. The van der Waals surface area contributed by atoms with Crippen LogP contribution in [0.25, 0.3) is 0 Å². The van der Waals surface area contributed by atoms with Crippen LogP contribution < -0.4 is 9.47 Å². The van der Waals surface area contributed by atoms with E-state index in [-0.39, 0.29) is 53.3 Å². The number of ether oxygens (including phenoxy) is 6. The Kier molecular flexibility index (Phi) is 13.6. The maximum atomic E-state index is 6.37. The van der Waals surface area contributed by atoms with Crippen molar-refractivity contribution in [1.29, 1.82) is 0 Å². The molecule has 6 rings (SSSR count). The standard InChI is InChI=1S/C19H28N2O3S.C19H26N2O3S/c2*1-6-15-12(2)17(16-18(24-15)25-19(20-16)21(3)4)23-11-13-7-9-14(22-5)10-8-13/h7-10,12,15-18H,6,11H2,1-5H3;6-10,12,15-18H,1,11H2,2-5H3/t2*12-,15-,16-,17+,18-/m11/s1. The third kappa shape index (κ3) is 9.00. The van der Waals surface area contributed by atoms with Crippen molar-refractivity contribution in [2.45, 2.75) is 87.8 Å². The van der Waals surface area contributed by atoms with Crippen molar-refractivity contribution in [1.82, 2.24) is 9.80 Å². The number of nitrogens with zero attached hydrogens (tertiary/aromatic N) is 4. The first-order valence-corrected chi connectivity index (χ1v) is 19.1. The van der Waals surface area contributed by atoms with Crippen LogP contribution in [-0.4, -0.2) is 110 Å². The fourth-order valence-corrected chi connectivity index (χ4v) is 8.86. The zero-order valence-corrected chi connectivity index (χ0v) is 32.5. The minimum atomic E-state index is -0.0219. The van der Waals surface area contributed by atoms with Gasteiger partial charge in [-0.2, -0.15) is 0 Å². The van der Waals surface area contributed by atoms with Gasteiger partial charge in [0.15, 0.2) is 10.3 Å². The Bertz CT molecular complexity index is 1460. The minimum Gasteiger partial charge on any atom is -0.497 e. The molecular formula is C38H54N4O6S2. The molecule has 0 aromatic heterocycles. The number of methoxy groups -OCH3 is 2. The van der Waals surface area contributed by atoms with Crippen LogP contribution in [0.5, 0.6) is 11.5 Å². The van der Waals surface area contributed by atoms with E-state index in [0.29, 0.717) is 19.1 Å². The summed E-state index contributed by atoms with van der Waals surface area (Å²) in [5, 5.41) is 2.02. The first kappa shape index (κ1) is 38.5. The Morgan fingerprint density at radius 1 is 0.720 bits per heavy atom. The van der Waals surface area contributed by atoms with Gasteiger partial charge in [0.25, 0.3) is 0 Å². The van der Waals surface area contributed by atoms with Gasteiger partial charge in [-0.1, -0.05) is 74.6 Å². The molecule has 0 aliphatic carbocycles. The quantitative estimate of drug-likeness (QED) is 0.252. The maximum absolute atomic E-state index is 6.37. The number of benzene rings is 2. The molecular weight excluding hydrogens is 673 g/mol. The summed E-state index contributed by atoms with van der Waals surface area (Å²) in [5.74, 6) is 2.22. The average molecular weight is 727 g/mol. The van der Waals surface area contributed by atoms with E-state index < -0.39 is 0 Å². The number of thioether (sulfide) groups is 2. The second-order valence-corrected chi connectivity index (χ2v) is 15.6. The molecule has 12 heteroatoms. The van der Waals surface area contributed by atoms with Gasteiger partial charge in [0.1, 0.15) is 34.5 Å². The van der Waals surface area contributed by atoms with E-state index in [2.05, 4.69) is 44.4 Å². The Morgan fingerprint density at radius 2 is 1.16 bits per heavy atom. The Labute approximate surface area is 307 Å². The molecule has 274 valence electrons. The lowest BCUT2D eigenvalue weighted by Crippen LogP contribution is -2.51. The fraction of sp³-hybridized carbons (Fsp3) is 0.579. The van der Waals surface area contributed by atoms with Crippen molar-refractivity contribution in [2.75, 3.05) is 42.4 Å². The molecule has 0 unspecified atom stereocenters. The van der Waals surface area contributed by atoms with E-state index in [1.807, 2.05) is 75.6 Å². The van der Waals surface area contributed by atoms with E-state index >= 15 is 0 Å². The zero-order chi connectivity index (χ0) is 35.9. The topological polar surface area (TPSA) is 86.6 Å². The lowest BCUT2D eigenvalue weighted by molar-refractivity contribution is -0.137. The molecule has 4 aliphatic heterocycles. The summed E-state index contributed by atoms with van der Waals surface area (Å²) in [7, 11) is 11.4. The number of amidine groups is 2. The minimum absolute atomic E-state index is 0.00574. The summed E-state index contributed by atoms with van der Waals surface area (Å²) in [6.07, 6.45) is 3.12. The summed E-state index contributed by atoms with van der Waals surface area (Å²) in [4.78, 5) is 13.8. The molecule has 10 atom stereocenters. The van der Waals surface area contributed by atoms with Gasteiger partial charge < -0.3 is 38.2 Å². The predicted octanol–water partition coefficient (Wildman–Crippen LogP) is 6.54. The van der Waals surface area contributed by atoms with Gasteiger partial charge in [0.2, 0.25) is 0 Å². The highest BCUT2D eigenvalue weighted by molar-refractivity contribution is 8.14. The molecule has 2 saturated heterocycles. The van der Waals surface area contributed by atoms with E-state index in [1.54, 1.807) is 37.7 Å². The Morgan fingerprint density at radius 3 is 1.56 bits per heavy atom. The molecule has 0 radical (unpaired) electrons. The second kappa shape index (κ2) is 17.7. The van der Waals surface area contributed by atoms with Crippen LogP contribution in [-0.2, 0) is 32.2 Å². The van der Waals surface area contributed by atoms with Gasteiger partial charge in [0, 0.05) is 40.0 Å². The lowest BCUT2D eigenvalue weighted by Gasteiger charge is -2.41. The third-order valence-corrected chi connectivity index (χ3v) is 12.1. The van der Waals surface area contributed by atoms with Crippen molar-refractivity contribution in [3.63, 3.8) is 0 Å². The number of hydrogen-bond acceptors (Lipinski definition) is 12. The van der Waals surface area contributed by atoms with Crippen molar-refractivity contribution < 1.29 is 28.4 Å². The van der Waals surface area contributed by atoms with Gasteiger partial charge in [-0.05, 0) is 41.8 Å². The average Bonchev–Trinajstić information content (AvgIpc) is 3.76. The van der Waals surface area contributed by atoms with Gasteiger partial charge in [0.05, 0.1) is 51.8 Å². The molecule has 2 aromatic carbocycles. The first-order chi connectivity index (χ1) is 24.1. The number of fused-ring (bicyclic) bond motifs is 2. The van der Waals surface area contributed by atoms with Crippen molar-refractivity contribution in [3.05, 3.63) is 72.3 Å². The molecule has 4 aliphatic rings.